The molecule has 4 atom stereocenters. The lowest BCUT2D eigenvalue weighted by atomic mass is 9.99. The molecule has 0 spiro atoms. The number of aliphatic hydroxyl groups is 2. The highest BCUT2D eigenvalue weighted by molar-refractivity contribution is 5.94. The Labute approximate surface area is 244 Å². The molecule has 1 aromatic carbocycles. The van der Waals surface area contributed by atoms with E-state index in [-0.39, 0.29) is 43.1 Å². The van der Waals surface area contributed by atoms with Crippen molar-refractivity contribution in [2.24, 2.45) is 5.92 Å². The van der Waals surface area contributed by atoms with Gasteiger partial charge in [-0.25, -0.2) is 4.39 Å². The van der Waals surface area contributed by atoms with E-state index in [1.165, 1.54) is 30.2 Å². The molecule has 1 aromatic rings. The van der Waals surface area contributed by atoms with E-state index in [9.17, 15) is 24.2 Å². The molecule has 10 nitrogen and oxygen atoms in total. The molecule has 3 rings (SSSR count). The minimum atomic E-state index is -1.34. The van der Waals surface area contributed by atoms with E-state index in [1.54, 1.807) is 6.07 Å². The summed E-state index contributed by atoms with van der Waals surface area (Å²) in [5.41, 5.74) is -0.0968. The Hall–Kier alpha value is -2.15. The number of amides is 2. The number of methoxy groups -OCH3 is 1. The van der Waals surface area contributed by atoms with Crippen LogP contribution in [0.5, 0.6) is 0 Å². The van der Waals surface area contributed by atoms with Crippen LogP contribution in [0.3, 0.4) is 0 Å². The monoisotopic (exact) mass is 580 g/mol. The van der Waals surface area contributed by atoms with Gasteiger partial charge in [-0.15, -0.1) is 0 Å². The molecule has 2 saturated heterocycles. The zero-order valence-electron chi connectivity index (χ0n) is 25.1. The highest BCUT2D eigenvalue weighted by Crippen LogP contribution is 2.20. The summed E-state index contributed by atoms with van der Waals surface area (Å²) in [6.45, 7) is 8.69. The van der Waals surface area contributed by atoms with Crippen molar-refractivity contribution in [2.75, 3.05) is 79.7 Å². The summed E-state index contributed by atoms with van der Waals surface area (Å²) >= 11 is 0. The van der Waals surface area contributed by atoms with Crippen molar-refractivity contribution in [3.8, 4) is 0 Å². The molecule has 2 aliphatic rings. The van der Waals surface area contributed by atoms with Crippen LogP contribution in [-0.2, 0) is 14.3 Å². The van der Waals surface area contributed by atoms with Gasteiger partial charge in [-0.1, -0.05) is 26.0 Å². The van der Waals surface area contributed by atoms with E-state index < -0.39 is 30.0 Å². The molecule has 0 unspecified atom stereocenters. The molecule has 2 amide bonds. The number of hydrogen-bond donors (Lipinski definition) is 2. The lowest BCUT2D eigenvalue weighted by molar-refractivity contribution is -0.136. The zero-order valence-corrected chi connectivity index (χ0v) is 25.1. The SMILES string of the molecule is CO[C@@H]1CN(C(=O)c2ccccc2F)C[C@@H](CC(C)C)N(C(=O)CN2CCN(C)CC2)CCCCOC[C@@H](O)[C@H]1O. The first-order valence-corrected chi connectivity index (χ1v) is 14.8. The van der Waals surface area contributed by atoms with Crippen molar-refractivity contribution in [1.82, 2.24) is 19.6 Å². The van der Waals surface area contributed by atoms with Gasteiger partial charge in [-0.2, -0.15) is 0 Å². The van der Waals surface area contributed by atoms with E-state index in [1.807, 2.05) is 4.90 Å². The minimum absolute atomic E-state index is 0.00487. The van der Waals surface area contributed by atoms with Crippen LogP contribution < -0.4 is 0 Å². The average Bonchev–Trinajstić information content (AvgIpc) is 2.94. The number of piperazine rings is 1. The van der Waals surface area contributed by atoms with Gasteiger partial charge >= 0.3 is 0 Å². The number of likely N-dealkylation sites (N-methyl/N-ethyl adjacent to an activating group) is 1. The zero-order chi connectivity index (χ0) is 29.9. The molecule has 0 saturated carbocycles. The van der Waals surface area contributed by atoms with E-state index >= 15 is 0 Å². The van der Waals surface area contributed by atoms with Crippen LogP contribution in [0.15, 0.2) is 24.3 Å². The normalized spacial score (nSPS) is 26.6. The molecule has 232 valence electrons. The lowest BCUT2D eigenvalue weighted by Gasteiger charge is -2.40. The van der Waals surface area contributed by atoms with Crippen LogP contribution in [-0.4, -0.2) is 146 Å². The molecule has 2 fully saturated rings. The molecule has 0 aromatic heterocycles. The predicted molar refractivity (Wildman–Crippen MR) is 154 cm³/mol. The lowest BCUT2D eigenvalue weighted by Crippen LogP contribution is -2.56. The van der Waals surface area contributed by atoms with E-state index in [0.717, 1.165) is 26.2 Å². The molecule has 11 heteroatoms. The summed E-state index contributed by atoms with van der Waals surface area (Å²) in [5, 5.41) is 21.4. The van der Waals surface area contributed by atoms with Gasteiger partial charge in [-0.3, -0.25) is 14.5 Å². The average molecular weight is 581 g/mol. The third kappa shape index (κ3) is 9.97. The highest BCUT2D eigenvalue weighted by atomic mass is 19.1. The van der Waals surface area contributed by atoms with Crippen molar-refractivity contribution in [2.45, 2.75) is 57.5 Å². The molecule has 0 bridgehead atoms. The number of rotatable bonds is 6. The second kappa shape index (κ2) is 16.5. The Morgan fingerprint density at radius 3 is 2.44 bits per heavy atom. The predicted octanol–water partition coefficient (Wildman–Crippen LogP) is 1.31. The topological polar surface area (TPSA) is 106 Å². The molecule has 2 aliphatic heterocycles. The standard InChI is InChI=1S/C30H49FN4O6/c1-22(2)17-23-18-34(30(39)24-9-5-6-10-25(24)31)19-27(40-4)29(38)26(36)21-41-16-8-7-11-35(23)28(37)20-33-14-12-32(3)13-15-33/h5-6,9-10,22-23,26-27,29,36,38H,7-8,11-21H2,1-4H3/t23-,26-,27-,29-/m1/s1. The largest absolute Gasteiger partial charge is 0.388 e. The Morgan fingerprint density at radius 2 is 1.78 bits per heavy atom. The van der Waals surface area contributed by atoms with Crippen molar-refractivity contribution in [3.63, 3.8) is 0 Å². The number of benzene rings is 1. The van der Waals surface area contributed by atoms with Crippen molar-refractivity contribution < 1.29 is 33.7 Å². The quantitative estimate of drug-likeness (QED) is 0.519. The first kappa shape index (κ1) is 33.4. The Kier molecular flexibility index (Phi) is 13.4. The van der Waals surface area contributed by atoms with Crippen molar-refractivity contribution in [1.29, 1.82) is 0 Å². The molecule has 41 heavy (non-hydrogen) atoms. The molecular weight excluding hydrogens is 531 g/mol. The summed E-state index contributed by atoms with van der Waals surface area (Å²) in [6.07, 6.45) is -1.53. The summed E-state index contributed by atoms with van der Waals surface area (Å²) in [5.74, 6) is -0.985. The van der Waals surface area contributed by atoms with Gasteiger partial charge < -0.3 is 34.4 Å². The summed E-state index contributed by atoms with van der Waals surface area (Å²) in [4.78, 5) is 35.4. The molecule has 0 aliphatic carbocycles. The second-order valence-corrected chi connectivity index (χ2v) is 11.8. The van der Waals surface area contributed by atoms with Gasteiger partial charge in [0, 0.05) is 65.6 Å². The fourth-order valence-corrected chi connectivity index (χ4v) is 5.52. The fourth-order valence-electron chi connectivity index (χ4n) is 5.52. The number of ether oxygens (including phenoxy) is 2. The summed E-state index contributed by atoms with van der Waals surface area (Å²) in [6, 6.07) is 5.44. The summed E-state index contributed by atoms with van der Waals surface area (Å²) in [7, 11) is 3.47. The van der Waals surface area contributed by atoms with Crippen LogP contribution in [0, 0.1) is 11.7 Å². The van der Waals surface area contributed by atoms with Crippen LogP contribution in [0.4, 0.5) is 4.39 Å². The summed E-state index contributed by atoms with van der Waals surface area (Å²) < 4.78 is 26.0. The number of carbonyl (C=O) groups excluding carboxylic acids is 2. The maximum Gasteiger partial charge on any atom is 0.256 e. The van der Waals surface area contributed by atoms with E-state index in [2.05, 4.69) is 30.7 Å². The molecule has 2 heterocycles. The van der Waals surface area contributed by atoms with Gasteiger partial charge in [0.25, 0.3) is 5.91 Å². The van der Waals surface area contributed by atoms with Crippen molar-refractivity contribution in [3.05, 3.63) is 35.6 Å². The van der Waals surface area contributed by atoms with E-state index in [4.69, 9.17) is 9.47 Å². The van der Waals surface area contributed by atoms with E-state index in [0.29, 0.717) is 39.0 Å². The van der Waals surface area contributed by atoms with Gasteiger partial charge in [-0.05, 0) is 44.4 Å². The molecule has 0 radical (unpaired) electrons. The number of hydrogen-bond acceptors (Lipinski definition) is 8. The minimum Gasteiger partial charge on any atom is -0.388 e. The van der Waals surface area contributed by atoms with Gasteiger partial charge in [0.05, 0.1) is 18.7 Å². The third-order valence-electron chi connectivity index (χ3n) is 7.99. The number of nitrogens with zero attached hydrogens (tertiary/aromatic N) is 4. The smallest absolute Gasteiger partial charge is 0.256 e. The third-order valence-corrected chi connectivity index (χ3v) is 7.99. The van der Waals surface area contributed by atoms with Crippen molar-refractivity contribution >= 4 is 11.8 Å². The van der Waals surface area contributed by atoms with Crippen LogP contribution >= 0.6 is 0 Å². The number of carbonyl (C=O) groups is 2. The fraction of sp³-hybridized carbons (Fsp3) is 0.733. The van der Waals surface area contributed by atoms with Crippen LogP contribution in [0.25, 0.3) is 0 Å². The maximum absolute atomic E-state index is 14.8. The Balaban J connectivity index is 1.96. The van der Waals surface area contributed by atoms with Crippen LogP contribution in [0.1, 0.15) is 43.5 Å². The van der Waals surface area contributed by atoms with Gasteiger partial charge in [0.2, 0.25) is 5.91 Å². The number of halogens is 1. The first-order valence-electron chi connectivity index (χ1n) is 14.8. The first-order chi connectivity index (χ1) is 19.6. The second-order valence-electron chi connectivity index (χ2n) is 11.8. The molecular formula is C30H49FN4O6. The number of aliphatic hydroxyl groups excluding tert-OH is 2. The van der Waals surface area contributed by atoms with Gasteiger partial charge in [0.15, 0.2) is 0 Å². The Morgan fingerprint density at radius 1 is 1.07 bits per heavy atom. The van der Waals surface area contributed by atoms with Gasteiger partial charge in [0.1, 0.15) is 24.1 Å². The highest BCUT2D eigenvalue weighted by Gasteiger charge is 2.35. The van der Waals surface area contributed by atoms with Crippen LogP contribution in [0.2, 0.25) is 0 Å². The molecule has 2 N–H and O–H groups in total. The Bertz CT molecular complexity index is 961. The maximum atomic E-state index is 14.8.